The Kier molecular flexibility index (Phi) is 4.43. The zero-order valence-electron chi connectivity index (χ0n) is 16.5. The summed E-state index contributed by atoms with van der Waals surface area (Å²) < 4.78 is 6.75. The van der Waals surface area contributed by atoms with E-state index in [0.29, 0.717) is 17.6 Å². The largest absolute Gasteiger partial charge is 0.435 e. The smallest absolute Gasteiger partial charge is 0.269 e. The molecule has 0 unspecified atom stereocenters. The summed E-state index contributed by atoms with van der Waals surface area (Å²) in [6.07, 6.45) is 0.666. The van der Waals surface area contributed by atoms with E-state index in [1.807, 2.05) is 18.2 Å². The number of hydrogen-bond donors (Lipinski definition) is 0. The fraction of sp³-hybridized carbons (Fsp3) is 0.238. The highest BCUT2D eigenvalue weighted by Crippen LogP contribution is 2.35. The molecule has 0 aliphatic carbocycles. The lowest BCUT2D eigenvalue weighted by molar-refractivity contribution is -0.904. The topological polar surface area (TPSA) is 89.5 Å². The number of non-ortho nitro benzene ring substituents is 1. The fourth-order valence-corrected chi connectivity index (χ4v) is 3.86. The first-order valence-corrected chi connectivity index (χ1v) is 9.15. The summed E-state index contributed by atoms with van der Waals surface area (Å²) in [4.78, 5) is 28.5. The van der Waals surface area contributed by atoms with Crippen molar-refractivity contribution in [2.75, 3.05) is 32.7 Å². The molecule has 0 fully saturated rings. The van der Waals surface area contributed by atoms with Crippen LogP contribution < -0.4 is 4.90 Å². The second kappa shape index (κ2) is 6.82. The van der Waals surface area contributed by atoms with Crippen molar-refractivity contribution in [1.82, 2.24) is 4.98 Å². The van der Waals surface area contributed by atoms with Crippen molar-refractivity contribution < 1.29 is 18.6 Å². The molecule has 0 bridgehead atoms. The number of carbonyl (C=O) groups is 1. The normalized spacial score (nSPS) is 15.1. The molecule has 1 aromatic heterocycles. The van der Waals surface area contributed by atoms with Crippen LogP contribution in [0.4, 0.5) is 11.4 Å². The molecule has 0 radical (unpaired) electrons. The van der Waals surface area contributed by atoms with Crippen LogP contribution in [0.15, 0.2) is 46.9 Å². The molecular weight excluding hydrogens is 372 g/mol. The average molecular weight is 393 g/mol. The van der Waals surface area contributed by atoms with Crippen LogP contribution in [0.5, 0.6) is 0 Å². The van der Waals surface area contributed by atoms with Crippen molar-refractivity contribution in [2.45, 2.75) is 6.54 Å². The number of benzene rings is 2. The van der Waals surface area contributed by atoms with E-state index >= 15 is 0 Å². The van der Waals surface area contributed by atoms with E-state index in [1.54, 1.807) is 12.1 Å². The number of quaternary nitrogens is 1. The number of fused-ring (bicyclic) bond motifs is 1. The van der Waals surface area contributed by atoms with Gasteiger partial charge in [-0.1, -0.05) is 0 Å². The number of aldehydes is 1. The molecule has 8 nitrogen and oxygen atoms in total. The van der Waals surface area contributed by atoms with Crippen LogP contribution in [0.25, 0.3) is 22.8 Å². The molecule has 148 valence electrons. The summed E-state index contributed by atoms with van der Waals surface area (Å²) in [5, 5.41) is 10.8. The highest BCUT2D eigenvalue weighted by molar-refractivity contribution is 5.84. The standard InChI is InChI=1S/C21H21N4O4/c1-23-13-25(2,3)11-16-10-15(6-9-19(16)23)20-18(12-26)22-21(29-20)14-4-7-17(8-5-14)24(27)28/h4-10,12H,11,13H2,1-3H3/q+1. The Labute approximate surface area is 167 Å². The number of carbonyl (C=O) groups excluding carboxylic acids is 1. The van der Waals surface area contributed by atoms with Crippen LogP contribution in [0.3, 0.4) is 0 Å². The van der Waals surface area contributed by atoms with Gasteiger partial charge in [-0.25, -0.2) is 4.98 Å². The predicted octanol–water partition coefficient (Wildman–Crippen LogP) is 3.71. The van der Waals surface area contributed by atoms with E-state index in [-0.39, 0.29) is 17.3 Å². The van der Waals surface area contributed by atoms with Crippen LogP contribution in [-0.4, -0.2) is 48.5 Å². The van der Waals surface area contributed by atoms with Gasteiger partial charge in [0.1, 0.15) is 6.54 Å². The Balaban J connectivity index is 1.74. The maximum Gasteiger partial charge on any atom is 0.269 e. The van der Waals surface area contributed by atoms with Crippen LogP contribution in [0, 0.1) is 10.1 Å². The Hall–Kier alpha value is -3.52. The van der Waals surface area contributed by atoms with Gasteiger partial charge in [-0.2, -0.15) is 0 Å². The van der Waals surface area contributed by atoms with Gasteiger partial charge in [-0.05, 0) is 30.3 Å². The molecule has 0 saturated heterocycles. The van der Waals surface area contributed by atoms with E-state index in [9.17, 15) is 14.9 Å². The zero-order chi connectivity index (χ0) is 20.8. The molecule has 1 aliphatic heterocycles. The second-order valence-electron chi connectivity index (χ2n) is 7.93. The molecule has 2 aromatic carbocycles. The van der Waals surface area contributed by atoms with Crippen molar-refractivity contribution in [1.29, 1.82) is 0 Å². The number of nitrogens with zero attached hydrogens (tertiary/aromatic N) is 4. The first-order valence-electron chi connectivity index (χ1n) is 9.15. The number of hydrogen-bond acceptors (Lipinski definition) is 6. The monoisotopic (exact) mass is 393 g/mol. The lowest BCUT2D eigenvalue weighted by Gasteiger charge is -2.40. The van der Waals surface area contributed by atoms with Gasteiger partial charge < -0.3 is 13.8 Å². The molecule has 4 rings (SSSR count). The van der Waals surface area contributed by atoms with Gasteiger partial charge in [0.15, 0.2) is 24.4 Å². The van der Waals surface area contributed by atoms with Crippen molar-refractivity contribution in [3.63, 3.8) is 0 Å². The Morgan fingerprint density at radius 1 is 1.17 bits per heavy atom. The van der Waals surface area contributed by atoms with E-state index in [1.165, 1.54) is 17.7 Å². The molecule has 0 amide bonds. The van der Waals surface area contributed by atoms with Crippen molar-refractivity contribution in [3.8, 4) is 22.8 Å². The number of nitro groups is 1. The van der Waals surface area contributed by atoms with Crippen LogP contribution in [-0.2, 0) is 6.54 Å². The summed E-state index contributed by atoms with van der Waals surface area (Å²) in [7, 11) is 6.41. The van der Waals surface area contributed by atoms with Gasteiger partial charge in [-0.3, -0.25) is 14.9 Å². The Morgan fingerprint density at radius 2 is 1.86 bits per heavy atom. The molecule has 8 heteroatoms. The van der Waals surface area contributed by atoms with Gasteiger partial charge in [0, 0.05) is 41.6 Å². The van der Waals surface area contributed by atoms with E-state index in [4.69, 9.17) is 4.42 Å². The quantitative estimate of drug-likeness (QED) is 0.290. The third kappa shape index (κ3) is 3.50. The first-order chi connectivity index (χ1) is 13.8. The van der Waals surface area contributed by atoms with Gasteiger partial charge in [0.05, 0.1) is 19.0 Å². The fourth-order valence-electron chi connectivity index (χ4n) is 3.86. The van der Waals surface area contributed by atoms with Crippen LogP contribution in [0.1, 0.15) is 16.1 Å². The minimum atomic E-state index is -0.467. The predicted molar refractivity (Wildman–Crippen MR) is 108 cm³/mol. The minimum absolute atomic E-state index is 0.0179. The maximum absolute atomic E-state index is 11.6. The van der Waals surface area contributed by atoms with Gasteiger partial charge in [-0.15, -0.1) is 0 Å². The molecule has 2 heterocycles. The minimum Gasteiger partial charge on any atom is -0.435 e. The van der Waals surface area contributed by atoms with Crippen molar-refractivity contribution >= 4 is 17.7 Å². The van der Waals surface area contributed by atoms with Crippen LogP contribution >= 0.6 is 0 Å². The van der Waals surface area contributed by atoms with Gasteiger partial charge in [0.25, 0.3) is 5.69 Å². The zero-order valence-corrected chi connectivity index (χ0v) is 16.5. The third-order valence-corrected chi connectivity index (χ3v) is 5.04. The maximum atomic E-state index is 11.6. The van der Waals surface area contributed by atoms with E-state index in [0.717, 1.165) is 28.9 Å². The molecule has 0 atom stereocenters. The van der Waals surface area contributed by atoms with Crippen molar-refractivity contribution in [3.05, 3.63) is 63.8 Å². The molecule has 0 N–H and O–H groups in total. The van der Waals surface area contributed by atoms with Crippen molar-refractivity contribution in [2.24, 2.45) is 0 Å². The number of anilines is 1. The SMILES string of the molecule is CN1C[N+](C)(C)Cc2cc(-c3oc(-c4ccc([N+](=O)[O-])cc4)nc3C=O)ccc21. The summed E-state index contributed by atoms with van der Waals surface area (Å²) in [6, 6.07) is 11.9. The average Bonchev–Trinajstić information content (AvgIpc) is 3.11. The summed E-state index contributed by atoms with van der Waals surface area (Å²) in [5.41, 5.74) is 3.87. The summed E-state index contributed by atoms with van der Waals surface area (Å²) in [5.74, 6) is 0.651. The van der Waals surface area contributed by atoms with E-state index in [2.05, 4.69) is 31.0 Å². The summed E-state index contributed by atoms with van der Waals surface area (Å²) in [6.45, 7) is 1.78. The van der Waals surface area contributed by atoms with Gasteiger partial charge >= 0.3 is 0 Å². The first kappa shape index (κ1) is 18.8. The second-order valence-corrected chi connectivity index (χ2v) is 7.93. The molecule has 0 spiro atoms. The third-order valence-electron chi connectivity index (χ3n) is 5.04. The number of aromatic nitrogens is 1. The molecular formula is C21H21N4O4+. The molecule has 1 aliphatic rings. The van der Waals surface area contributed by atoms with Gasteiger partial charge in [0.2, 0.25) is 5.89 Å². The lowest BCUT2D eigenvalue weighted by atomic mass is 10.0. The number of oxazole rings is 1. The Morgan fingerprint density at radius 3 is 2.52 bits per heavy atom. The highest BCUT2D eigenvalue weighted by Gasteiger charge is 2.28. The van der Waals surface area contributed by atoms with Crippen LogP contribution in [0.2, 0.25) is 0 Å². The molecule has 3 aromatic rings. The highest BCUT2D eigenvalue weighted by atomic mass is 16.6. The number of nitro benzene ring substituents is 1. The Bertz CT molecular complexity index is 1100. The summed E-state index contributed by atoms with van der Waals surface area (Å²) >= 11 is 0. The van der Waals surface area contributed by atoms with E-state index < -0.39 is 4.92 Å². The molecule has 29 heavy (non-hydrogen) atoms. The number of rotatable bonds is 4. The molecule has 0 saturated carbocycles. The lowest BCUT2D eigenvalue weighted by Crippen LogP contribution is -2.50.